The van der Waals surface area contributed by atoms with Gasteiger partial charge in [0, 0.05) is 0 Å². The molecule has 20 heavy (non-hydrogen) atoms. The molecule has 1 aliphatic heterocycles. The number of rotatable bonds is 3. The van der Waals surface area contributed by atoms with E-state index in [0.717, 1.165) is 6.61 Å². The Labute approximate surface area is 115 Å². The second kappa shape index (κ2) is 6.98. The van der Waals surface area contributed by atoms with E-state index in [1.807, 2.05) is 0 Å². The van der Waals surface area contributed by atoms with Crippen LogP contribution in [0.25, 0.3) is 0 Å². The molecule has 0 saturated carbocycles. The number of ether oxygens (including phenoxy) is 2. The largest absolute Gasteiger partial charge is 0.457 e. The number of hydrogen-bond acceptors (Lipinski definition) is 3. The van der Waals surface area contributed by atoms with Crippen LogP contribution in [0.4, 0.5) is 8.78 Å². The van der Waals surface area contributed by atoms with Gasteiger partial charge in [0.1, 0.15) is 29.2 Å². The highest BCUT2D eigenvalue weighted by molar-refractivity contribution is 5.30. The summed E-state index contributed by atoms with van der Waals surface area (Å²) in [7, 11) is 0. The van der Waals surface area contributed by atoms with Gasteiger partial charge in [-0.25, -0.2) is 8.78 Å². The van der Waals surface area contributed by atoms with E-state index in [0.29, 0.717) is 11.5 Å². The molecular formula is C15H14F2O3. The average molecular weight is 280 g/mol. The van der Waals surface area contributed by atoms with Gasteiger partial charge in [-0.2, -0.15) is 0 Å². The van der Waals surface area contributed by atoms with Crippen molar-refractivity contribution >= 4 is 0 Å². The van der Waals surface area contributed by atoms with Gasteiger partial charge < -0.3 is 14.6 Å². The first kappa shape index (κ1) is 14.4. The average Bonchev–Trinajstić information content (AvgIpc) is 3.29. The monoisotopic (exact) mass is 280 g/mol. The van der Waals surface area contributed by atoms with Crippen molar-refractivity contribution in [3.05, 3.63) is 60.2 Å². The maximum absolute atomic E-state index is 12.6. The molecule has 0 aromatic heterocycles. The fraction of sp³-hybridized carbons (Fsp3) is 0.200. The molecule has 0 bridgehead atoms. The van der Waals surface area contributed by atoms with Crippen LogP contribution < -0.4 is 4.74 Å². The molecule has 0 amide bonds. The normalized spacial score (nSPS) is 16.1. The minimum Gasteiger partial charge on any atom is -0.457 e. The van der Waals surface area contributed by atoms with E-state index in [-0.39, 0.29) is 24.3 Å². The number of epoxide rings is 1. The maximum atomic E-state index is 12.6. The highest BCUT2D eigenvalue weighted by Crippen LogP contribution is 2.21. The van der Waals surface area contributed by atoms with Gasteiger partial charge in [-0.05, 0) is 48.5 Å². The van der Waals surface area contributed by atoms with Crippen LogP contribution in [0.15, 0.2) is 48.5 Å². The van der Waals surface area contributed by atoms with Crippen LogP contribution in [-0.2, 0) is 4.74 Å². The lowest BCUT2D eigenvalue weighted by Crippen LogP contribution is -1.88. The van der Waals surface area contributed by atoms with Crippen molar-refractivity contribution in [2.75, 3.05) is 13.2 Å². The molecule has 1 aliphatic rings. The molecule has 0 spiro atoms. The van der Waals surface area contributed by atoms with E-state index in [1.54, 1.807) is 0 Å². The Hall–Kier alpha value is -1.98. The Morgan fingerprint density at radius 3 is 1.60 bits per heavy atom. The number of benzene rings is 2. The smallest absolute Gasteiger partial charge is 0.127 e. The Kier molecular flexibility index (Phi) is 5.03. The van der Waals surface area contributed by atoms with E-state index in [4.69, 9.17) is 9.84 Å². The van der Waals surface area contributed by atoms with Gasteiger partial charge in [0.15, 0.2) is 0 Å². The molecular weight excluding hydrogens is 266 g/mol. The van der Waals surface area contributed by atoms with Crippen LogP contribution in [0.1, 0.15) is 0 Å². The summed E-state index contributed by atoms with van der Waals surface area (Å²) in [6.07, 6.45) is 0.190. The Morgan fingerprint density at radius 2 is 1.35 bits per heavy atom. The van der Waals surface area contributed by atoms with Crippen molar-refractivity contribution in [1.82, 2.24) is 0 Å². The van der Waals surface area contributed by atoms with Gasteiger partial charge in [0.2, 0.25) is 0 Å². The zero-order chi connectivity index (χ0) is 14.4. The number of hydrogen-bond donors (Lipinski definition) is 1. The minimum atomic E-state index is -0.318. The summed E-state index contributed by atoms with van der Waals surface area (Å²) in [6, 6.07) is 11.3. The lowest BCUT2D eigenvalue weighted by atomic mass is 10.3. The van der Waals surface area contributed by atoms with Gasteiger partial charge in [-0.3, -0.25) is 0 Å². The Balaban J connectivity index is 0.000000247. The van der Waals surface area contributed by atoms with E-state index >= 15 is 0 Å². The predicted molar refractivity (Wildman–Crippen MR) is 69.7 cm³/mol. The van der Waals surface area contributed by atoms with Crippen molar-refractivity contribution in [1.29, 1.82) is 0 Å². The Bertz CT molecular complexity index is 478. The first-order valence-corrected chi connectivity index (χ1v) is 6.09. The van der Waals surface area contributed by atoms with Crippen molar-refractivity contribution in [2.24, 2.45) is 0 Å². The zero-order valence-corrected chi connectivity index (χ0v) is 10.6. The van der Waals surface area contributed by atoms with E-state index in [1.165, 1.54) is 48.5 Å². The molecule has 1 atom stereocenters. The number of aliphatic hydroxyl groups excluding tert-OH is 1. The van der Waals surface area contributed by atoms with Gasteiger partial charge in [0.25, 0.3) is 0 Å². The molecule has 1 heterocycles. The van der Waals surface area contributed by atoms with Gasteiger partial charge in [-0.1, -0.05) is 0 Å². The van der Waals surface area contributed by atoms with Crippen molar-refractivity contribution in [2.45, 2.75) is 6.10 Å². The van der Waals surface area contributed by atoms with Crippen molar-refractivity contribution < 1.29 is 23.4 Å². The molecule has 5 heteroatoms. The predicted octanol–water partition coefficient (Wildman–Crippen LogP) is 3.13. The van der Waals surface area contributed by atoms with Gasteiger partial charge in [0.05, 0.1) is 13.2 Å². The third kappa shape index (κ3) is 4.95. The topological polar surface area (TPSA) is 42.0 Å². The number of aliphatic hydroxyl groups is 1. The summed E-state index contributed by atoms with van der Waals surface area (Å²) in [6.45, 7) is 0.955. The molecule has 3 rings (SSSR count). The molecule has 0 aliphatic carbocycles. The van der Waals surface area contributed by atoms with Crippen LogP contribution in [0.3, 0.4) is 0 Å². The van der Waals surface area contributed by atoms with Crippen molar-refractivity contribution in [3.8, 4) is 11.5 Å². The fourth-order valence-corrected chi connectivity index (χ4v) is 1.31. The minimum absolute atomic E-state index is 0.190. The second-order valence-corrected chi connectivity index (χ2v) is 4.15. The summed E-state index contributed by atoms with van der Waals surface area (Å²) in [5.41, 5.74) is 0. The molecule has 1 saturated heterocycles. The summed E-state index contributed by atoms with van der Waals surface area (Å²) in [4.78, 5) is 0. The molecule has 2 aromatic rings. The molecule has 1 unspecified atom stereocenters. The maximum Gasteiger partial charge on any atom is 0.127 e. The summed E-state index contributed by atoms with van der Waals surface area (Å²) >= 11 is 0. The van der Waals surface area contributed by atoms with E-state index < -0.39 is 0 Å². The second-order valence-electron chi connectivity index (χ2n) is 4.15. The fourth-order valence-electron chi connectivity index (χ4n) is 1.31. The zero-order valence-electron chi connectivity index (χ0n) is 10.6. The lowest BCUT2D eigenvalue weighted by molar-refractivity contribution is 0.244. The third-order valence-corrected chi connectivity index (χ3v) is 2.47. The lowest BCUT2D eigenvalue weighted by Gasteiger charge is -2.04. The summed E-state index contributed by atoms with van der Waals surface area (Å²) in [5, 5.41) is 8.08. The highest BCUT2D eigenvalue weighted by atomic mass is 19.1. The van der Waals surface area contributed by atoms with Gasteiger partial charge >= 0.3 is 0 Å². The van der Waals surface area contributed by atoms with E-state index in [2.05, 4.69) is 4.74 Å². The van der Waals surface area contributed by atoms with Crippen LogP contribution in [0.2, 0.25) is 0 Å². The van der Waals surface area contributed by atoms with Gasteiger partial charge in [-0.15, -0.1) is 0 Å². The standard InChI is InChI=1S/C12H8F2O.C3H6O2/c13-9-1-5-11(6-2-9)15-12-7-3-10(14)4-8-12;4-1-3-2-5-3/h1-8H;3-4H,1-2H2. The quantitative estimate of drug-likeness (QED) is 0.878. The van der Waals surface area contributed by atoms with Crippen LogP contribution >= 0.6 is 0 Å². The van der Waals surface area contributed by atoms with Crippen LogP contribution in [-0.4, -0.2) is 24.4 Å². The summed E-state index contributed by atoms with van der Waals surface area (Å²) < 4.78 is 35.1. The third-order valence-electron chi connectivity index (χ3n) is 2.47. The molecule has 106 valence electrons. The Morgan fingerprint density at radius 1 is 0.950 bits per heavy atom. The highest BCUT2D eigenvalue weighted by Gasteiger charge is 2.19. The van der Waals surface area contributed by atoms with E-state index in [9.17, 15) is 8.78 Å². The molecule has 0 radical (unpaired) electrons. The van der Waals surface area contributed by atoms with Crippen LogP contribution in [0.5, 0.6) is 11.5 Å². The molecule has 1 fully saturated rings. The first-order valence-electron chi connectivity index (χ1n) is 6.09. The number of halogens is 2. The SMILES string of the molecule is Fc1ccc(Oc2ccc(F)cc2)cc1.OCC1CO1. The first-order chi connectivity index (χ1) is 9.67. The van der Waals surface area contributed by atoms with Crippen molar-refractivity contribution in [3.63, 3.8) is 0 Å². The summed E-state index contributed by atoms with van der Waals surface area (Å²) in [5.74, 6) is 0.397. The van der Waals surface area contributed by atoms with Crippen LogP contribution in [0, 0.1) is 11.6 Å². The molecule has 1 N–H and O–H groups in total. The molecule has 3 nitrogen and oxygen atoms in total. The molecule has 2 aromatic carbocycles.